The lowest BCUT2D eigenvalue weighted by Gasteiger charge is -2.41. The lowest BCUT2D eigenvalue weighted by atomic mass is 9.62. The van der Waals surface area contributed by atoms with E-state index in [0.717, 1.165) is 24.2 Å². The molecule has 0 radical (unpaired) electrons. The summed E-state index contributed by atoms with van der Waals surface area (Å²) in [6.45, 7) is 9.60. The van der Waals surface area contributed by atoms with E-state index in [4.69, 9.17) is 0 Å². The molecular weight excluding hydrogens is 484 g/mol. The van der Waals surface area contributed by atoms with Crippen molar-refractivity contribution in [1.82, 2.24) is 9.97 Å². The zero-order valence-corrected chi connectivity index (χ0v) is 23.5. The van der Waals surface area contributed by atoms with Gasteiger partial charge in [-0.15, -0.1) is 0 Å². The first-order chi connectivity index (χ1) is 19.4. The molecule has 0 fully saturated rings. The van der Waals surface area contributed by atoms with Crippen molar-refractivity contribution in [2.24, 2.45) is 0 Å². The van der Waals surface area contributed by atoms with Crippen LogP contribution in [0.4, 0.5) is 0 Å². The van der Waals surface area contributed by atoms with Crippen molar-refractivity contribution in [1.29, 1.82) is 0 Å². The van der Waals surface area contributed by atoms with Crippen LogP contribution in [-0.4, -0.2) is 9.97 Å². The highest BCUT2D eigenvalue weighted by Crippen LogP contribution is 2.46. The molecule has 3 aliphatic carbocycles. The Kier molecular flexibility index (Phi) is 4.78. The molecule has 0 unspecified atom stereocenters. The van der Waals surface area contributed by atoms with Gasteiger partial charge in [0.2, 0.25) is 0 Å². The predicted molar refractivity (Wildman–Crippen MR) is 164 cm³/mol. The molecule has 3 aliphatic rings. The SMILES string of the molecule is CC1(C)c2cc(-c3ccccn3)ccc2C2=c3c1ccc1c3=C(CC2)c2ccc(-c3ccccn3)cc2C1(C)C. The number of pyridine rings is 2. The largest absolute Gasteiger partial charge is 0.256 e. The normalized spacial score (nSPS) is 17.1. The molecule has 2 nitrogen and oxygen atoms in total. The third-order valence-corrected chi connectivity index (χ3v) is 9.74. The van der Waals surface area contributed by atoms with Gasteiger partial charge in [-0.2, -0.15) is 0 Å². The zero-order valence-electron chi connectivity index (χ0n) is 23.5. The first-order valence-corrected chi connectivity index (χ1v) is 14.4. The standard InChI is InChI=1S/C38H32N2/c1-37(2)29-17-18-30-36-28(26-14-12-24(22-32(26)38(30,3)4)34-10-6-8-20-40-34)16-15-27(35(29)36)25-13-11-23(21-31(25)37)33-9-5-7-19-39-33/h5-14,17-22H,15-16H2,1-4H3. The van der Waals surface area contributed by atoms with Crippen LogP contribution in [-0.2, 0) is 10.8 Å². The molecule has 40 heavy (non-hydrogen) atoms. The van der Waals surface area contributed by atoms with E-state index in [1.165, 1.54) is 66.1 Å². The lowest BCUT2D eigenvalue weighted by molar-refractivity contribution is 0.602. The summed E-state index contributed by atoms with van der Waals surface area (Å²) in [6.07, 6.45) is 5.89. The van der Waals surface area contributed by atoms with Gasteiger partial charge in [-0.05, 0) is 104 Å². The van der Waals surface area contributed by atoms with Gasteiger partial charge in [0.15, 0.2) is 0 Å². The highest BCUT2D eigenvalue weighted by molar-refractivity contribution is 5.85. The van der Waals surface area contributed by atoms with E-state index in [-0.39, 0.29) is 10.8 Å². The molecule has 194 valence electrons. The molecule has 2 heteroatoms. The monoisotopic (exact) mass is 516 g/mol. The van der Waals surface area contributed by atoms with Crippen molar-refractivity contribution in [3.05, 3.63) is 141 Å². The second kappa shape index (κ2) is 8.11. The number of hydrogen-bond acceptors (Lipinski definition) is 2. The van der Waals surface area contributed by atoms with Crippen LogP contribution < -0.4 is 10.4 Å². The Morgan fingerprint density at radius 3 is 1.35 bits per heavy atom. The smallest absolute Gasteiger partial charge is 0.0702 e. The number of aromatic nitrogens is 2. The Morgan fingerprint density at radius 1 is 0.500 bits per heavy atom. The second-order valence-corrected chi connectivity index (χ2v) is 12.6. The minimum Gasteiger partial charge on any atom is -0.256 e. The van der Waals surface area contributed by atoms with Gasteiger partial charge in [-0.25, -0.2) is 0 Å². The van der Waals surface area contributed by atoms with Crippen molar-refractivity contribution in [3.8, 4) is 22.5 Å². The summed E-state index contributed by atoms with van der Waals surface area (Å²) in [5.41, 5.74) is 15.8. The zero-order chi connectivity index (χ0) is 27.2. The van der Waals surface area contributed by atoms with Gasteiger partial charge in [-0.1, -0.05) is 76.2 Å². The summed E-state index contributed by atoms with van der Waals surface area (Å²) in [6, 6.07) is 31.2. The van der Waals surface area contributed by atoms with E-state index in [0.29, 0.717) is 0 Å². The van der Waals surface area contributed by atoms with Crippen LogP contribution in [0.5, 0.6) is 0 Å². The van der Waals surface area contributed by atoms with Gasteiger partial charge in [0.1, 0.15) is 0 Å². The molecular formula is C38H32N2. The van der Waals surface area contributed by atoms with Crippen molar-refractivity contribution < 1.29 is 0 Å². The number of hydrogen-bond donors (Lipinski definition) is 0. The molecule has 2 aromatic heterocycles. The Labute approximate surface area is 235 Å². The first kappa shape index (κ1) is 23.6. The van der Waals surface area contributed by atoms with Gasteiger partial charge in [0.05, 0.1) is 11.4 Å². The topological polar surface area (TPSA) is 25.8 Å². The highest BCUT2D eigenvalue weighted by atomic mass is 14.7. The van der Waals surface area contributed by atoms with Crippen molar-refractivity contribution >= 4 is 11.1 Å². The molecule has 3 aromatic carbocycles. The van der Waals surface area contributed by atoms with E-state index in [1.807, 2.05) is 24.5 Å². The van der Waals surface area contributed by atoms with Crippen LogP contribution in [0.2, 0.25) is 0 Å². The average Bonchev–Trinajstić information content (AvgIpc) is 2.99. The molecule has 0 aliphatic heterocycles. The Balaban J connectivity index is 1.42. The van der Waals surface area contributed by atoms with Crippen LogP contribution in [0.15, 0.2) is 97.3 Å². The molecule has 2 heterocycles. The summed E-state index contributed by atoms with van der Waals surface area (Å²) in [5, 5.41) is 2.99. The average molecular weight is 517 g/mol. The van der Waals surface area contributed by atoms with Gasteiger partial charge >= 0.3 is 0 Å². The van der Waals surface area contributed by atoms with Crippen LogP contribution in [0.25, 0.3) is 33.7 Å². The van der Waals surface area contributed by atoms with Crippen molar-refractivity contribution in [2.75, 3.05) is 0 Å². The number of nitrogens with zero attached hydrogens (tertiary/aromatic N) is 2. The van der Waals surface area contributed by atoms with Crippen LogP contribution in [0.3, 0.4) is 0 Å². The summed E-state index contributed by atoms with van der Waals surface area (Å²) in [7, 11) is 0. The van der Waals surface area contributed by atoms with Gasteiger partial charge in [0.25, 0.3) is 0 Å². The predicted octanol–water partition coefficient (Wildman–Crippen LogP) is 7.28. The second-order valence-electron chi connectivity index (χ2n) is 12.6. The minimum atomic E-state index is -0.107. The van der Waals surface area contributed by atoms with Gasteiger partial charge < -0.3 is 0 Å². The van der Waals surface area contributed by atoms with Crippen molar-refractivity contribution in [3.63, 3.8) is 0 Å². The molecule has 0 saturated carbocycles. The Hall–Kier alpha value is -4.30. The van der Waals surface area contributed by atoms with Gasteiger partial charge in [-0.3, -0.25) is 9.97 Å². The first-order valence-electron chi connectivity index (χ1n) is 14.4. The summed E-state index contributed by atoms with van der Waals surface area (Å²) in [4.78, 5) is 9.29. The summed E-state index contributed by atoms with van der Waals surface area (Å²) >= 11 is 0. The summed E-state index contributed by atoms with van der Waals surface area (Å²) in [5.74, 6) is 0. The maximum atomic E-state index is 4.64. The number of rotatable bonds is 2. The van der Waals surface area contributed by atoms with Gasteiger partial charge in [0, 0.05) is 34.4 Å². The van der Waals surface area contributed by atoms with E-state index < -0.39 is 0 Å². The molecule has 0 spiro atoms. The maximum absolute atomic E-state index is 4.64. The fourth-order valence-corrected chi connectivity index (χ4v) is 7.63. The van der Waals surface area contributed by atoms with Crippen LogP contribution in [0, 0.1) is 0 Å². The Bertz CT molecular complexity index is 1830. The van der Waals surface area contributed by atoms with Crippen molar-refractivity contribution in [2.45, 2.75) is 51.4 Å². The fourth-order valence-electron chi connectivity index (χ4n) is 7.63. The van der Waals surface area contributed by atoms with E-state index in [9.17, 15) is 0 Å². The maximum Gasteiger partial charge on any atom is 0.0702 e. The molecule has 0 N–H and O–H groups in total. The van der Waals surface area contributed by atoms with Crippen LogP contribution in [0.1, 0.15) is 73.9 Å². The van der Waals surface area contributed by atoms with E-state index >= 15 is 0 Å². The quantitative estimate of drug-likeness (QED) is 0.246. The molecule has 5 aromatic rings. The Morgan fingerprint density at radius 2 is 0.950 bits per heavy atom. The minimum absolute atomic E-state index is 0.107. The third kappa shape index (κ3) is 3.11. The molecule has 0 amide bonds. The third-order valence-electron chi connectivity index (χ3n) is 9.74. The van der Waals surface area contributed by atoms with Crippen LogP contribution >= 0.6 is 0 Å². The lowest BCUT2D eigenvalue weighted by Crippen LogP contribution is -2.50. The van der Waals surface area contributed by atoms with E-state index in [2.05, 4.69) is 110 Å². The summed E-state index contributed by atoms with van der Waals surface area (Å²) < 4.78 is 0. The number of fused-ring (bicyclic) bond motifs is 4. The molecule has 0 bridgehead atoms. The fraction of sp³-hybridized carbons (Fsp3) is 0.211. The molecule has 0 saturated heterocycles. The van der Waals surface area contributed by atoms with E-state index in [1.54, 1.807) is 0 Å². The molecule has 0 atom stereocenters. The molecule has 8 rings (SSSR count). The highest BCUT2D eigenvalue weighted by Gasteiger charge is 2.40. The number of benzene rings is 3.